The molecule has 1 aliphatic heterocycles. The molecule has 0 radical (unpaired) electrons. The quantitative estimate of drug-likeness (QED) is 0.890. The van der Waals surface area contributed by atoms with E-state index in [1.165, 1.54) is 0 Å². The Morgan fingerprint density at radius 3 is 2.70 bits per heavy atom. The van der Waals surface area contributed by atoms with E-state index in [0.29, 0.717) is 17.9 Å². The summed E-state index contributed by atoms with van der Waals surface area (Å²) in [5.74, 6) is 1.57. The number of piperidine rings is 1. The number of sulfonamides is 1. The molecule has 0 aliphatic carbocycles. The molecule has 2 rings (SSSR count). The van der Waals surface area contributed by atoms with Gasteiger partial charge in [0.25, 0.3) is 5.91 Å². The van der Waals surface area contributed by atoms with Gasteiger partial charge in [0, 0.05) is 25.0 Å². The lowest BCUT2D eigenvalue weighted by Gasteiger charge is -2.35. The molecule has 1 N–H and O–H groups in total. The Kier molecular flexibility index (Phi) is 5.52. The van der Waals surface area contributed by atoms with Crippen LogP contribution in [0, 0.1) is 6.92 Å². The predicted molar refractivity (Wildman–Crippen MR) is 89.1 cm³/mol. The number of hydrogen-bond acceptors (Lipinski definition) is 4. The van der Waals surface area contributed by atoms with Gasteiger partial charge >= 0.3 is 0 Å². The van der Waals surface area contributed by atoms with Gasteiger partial charge in [-0.25, -0.2) is 13.1 Å². The molecule has 1 amide bonds. The van der Waals surface area contributed by atoms with Gasteiger partial charge in [0.15, 0.2) is 0 Å². The Hall–Kier alpha value is -1.34. The number of amides is 1. The van der Waals surface area contributed by atoms with Gasteiger partial charge in [-0.05, 0) is 32.3 Å². The van der Waals surface area contributed by atoms with Gasteiger partial charge in [-0.2, -0.15) is 0 Å². The number of likely N-dealkylation sites (tertiary alicyclic amines) is 1. The van der Waals surface area contributed by atoms with E-state index in [1.54, 1.807) is 11.8 Å². The van der Waals surface area contributed by atoms with E-state index in [4.69, 9.17) is 4.42 Å². The number of nitrogens with zero attached hydrogens (tertiary/aromatic N) is 1. The van der Waals surface area contributed by atoms with Gasteiger partial charge < -0.3 is 9.32 Å². The van der Waals surface area contributed by atoms with E-state index in [2.05, 4.69) is 4.72 Å². The Balaban J connectivity index is 2.17. The molecule has 0 aromatic carbocycles. The van der Waals surface area contributed by atoms with Crippen molar-refractivity contribution in [1.82, 2.24) is 9.62 Å². The Morgan fingerprint density at radius 2 is 2.13 bits per heavy atom. The molecular formula is C16H26N2O4S. The highest BCUT2D eigenvalue weighted by Gasteiger charge is 2.30. The largest absolute Gasteiger partial charge is 0.465 e. The smallest absolute Gasteiger partial charge is 0.257 e. The summed E-state index contributed by atoms with van der Waals surface area (Å²) in [5.41, 5.74) is 0.583. The molecule has 0 saturated carbocycles. The molecule has 6 nitrogen and oxygen atoms in total. The average molecular weight is 342 g/mol. The molecule has 1 atom stereocenters. The van der Waals surface area contributed by atoms with Crippen molar-refractivity contribution in [3.63, 3.8) is 0 Å². The summed E-state index contributed by atoms with van der Waals surface area (Å²) < 4.78 is 30.8. The van der Waals surface area contributed by atoms with Gasteiger partial charge in [-0.3, -0.25) is 4.79 Å². The molecular weight excluding hydrogens is 316 g/mol. The van der Waals surface area contributed by atoms with Crippen LogP contribution in [0.4, 0.5) is 0 Å². The second kappa shape index (κ2) is 7.05. The predicted octanol–water partition coefficient (Wildman–Crippen LogP) is 2.26. The highest BCUT2D eigenvalue weighted by Crippen LogP contribution is 2.25. The fourth-order valence-electron chi connectivity index (χ4n) is 2.88. The molecule has 0 spiro atoms. The molecule has 1 saturated heterocycles. The third-order valence-electron chi connectivity index (χ3n) is 4.21. The van der Waals surface area contributed by atoms with Crippen molar-refractivity contribution in [2.75, 3.05) is 19.3 Å². The average Bonchev–Trinajstić information content (AvgIpc) is 2.86. The van der Waals surface area contributed by atoms with E-state index in [1.807, 2.05) is 19.9 Å². The van der Waals surface area contributed by atoms with Crippen LogP contribution in [0.15, 0.2) is 10.5 Å². The fourth-order valence-corrected chi connectivity index (χ4v) is 3.38. The van der Waals surface area contributed by atoms with Crippen molar-refractivity contribution in [3.05, 3.63) is 23.2 Å². The summed E-state index contributed by atoms with van der Waals surface area (Å²) in [6.45, 7) is 6.75. The summed E-state index contributed by atoms with van der Waals surface area (Å²) in [5, 5.41) is 0. The second-order valence-corrected chi connectivity index (χ2v) is 8.38. The normalized spacial score (nSPS) is 19.3. The van der Waals surface area contributed by atoms with Crippen molar-refractivity contribution in [1.29, 1.82) is 0 Å². The lowest BCUT2D eigenvalue weighted by molar-refractivity contribution is 0.0617. The molecule has 23 heavy (non-hydrogen) atoms. The van der Waals surface area contributed by atoms with E-state index in [-0.39, 0.29) is 24.4 Å². The number of furan rings is 1. The summed E-state index contributed by atoms with van der Waals surface area (Å²) in [6, 6.07) is 1.71. The standard InChI is InChI=1S/C16H26N2O4S/c1-11(2)15-9-14(12(3)22-15)16(19)18-8-6-5-7-13(18)10-17-23(4,20)21/h9,11,13,17H,5-8,10H2,1-4H3/t13-/m1/s1. The van der Waals surface area contributed by atoms with Crippen LogP contribution in [0.25, 0.3) is 0 Å². The number of hydrogen-bond donors (Lipinski definition) is 1. The monoisotopic (exact) mass is 342 g/mol. The molecule has 0 unspecified atom stereocenters. The van der Waals surface area contributed by atoms with Crippen LogP contribution in [0.1, 0.15) is 60.9 Å². The van der Waals surface area contributed by atoms with Crippen LogP contribution in [-0.4, -0.2) is 44.6 Å². The lowest BCUT2D eigenvalue weighted by atomic mass is 10.0. The molecule has 130 valence electrons. The van der Waals surface area contributed by atoms with Crippen molar-refractivity contribution in [3.8, 4) is 0 Å². The molecule has 7 heteroatoms. The third kappa shape index (κ3) is 4.57. The van der Waals surface area contributed by atoms with Crippen molar-refractivity contribution in [2.45, 2.75) is 52.0 Å². The highest BCUT2D eigenvalue weighted by atomic mass is 32.2. The molecule has 1 aromatic heterocycles. The van der Waals surface area contributed by atoms with Crippen LogP contribution in [0.3, 0.4) is 0 Å². The Morgan fingerprint density at radius 1 is 1.43 bits per heavy atom. The van der Waals surface area contributed by atoms with Crippen LogP contribution in [0.2, 0.25) is 0 Å². The highest BCUT2D eigenvalue weighted by molar-refractivity contribution is 7.88. The summed E-state index contributed by atoms with van der Waals surface area (Å²) in [7, 11) is -3.26. The molecule has 1 fully saturated rings. The third-order valence-corrected chi connectivity index (χ3v) is 4.90. The summed E-state index contributed by atoms with van der Waals surface area (Å²) >= 11 is 0. The van der Waals surface area contributed by atoms with Crippen LogP contribution in [-0.2, 0) is 10.0 Å². The number of carbonyl (C=O) groups excluding carboxylic acids is 1. The number of carbonyl (C=O) groups is 1. The van der Waals surface area contributed by atoms with Crippen molar-refractivity contribution < 1.29 is 17.6 Å². The first-order chi connectivity index (χ1) is 10.7. The maximum atomic E-state index is 12.9. The molecule has 0 bridgehead atoms. The zero-order valence-corrected chi connectivity index (χ0v) is 15.1. The zero-order chi connectivity index (χ0) is 17.2. The van der Waals surface area contributed by atoms with Gasteiger partial charge in [-0.15, -0.1) is 0 Å². The Labute approximate surface area is 138 Å². The summed E-state index contributed by atoms with van der Waals surface area (Å²) in [6.07, 6.45) is 3.88. The first kappa shape index (κ1) is 18.0. The van der Waals surface area contributed by atoms with E-state index in [0.717, 1.165) is 31.3 Å². The van der Waals surface area contributed by atoms with Crippen LogP contribution in [0.5, 0.6) is 0 Å². The van der Waals surface area contributed by atoms with Gasteiger partial charge in [0.05, 0.1) is 11.8 Å². The van der Waals surface area contributed by atoms with Crippen molar-refractivity contribution in [2.24, 2.45) is 0 Å². The minimum atomic E-state index is -3.26. The van der Waals surface area contributed by atoms with E-state index >= 15 is 0 Å². The topological polar surface area (TPSA) is 79.6 Å². The maximum absolute atomic E-state index is 12.9. The first-order valence-corrected chi connectivity index (χ1v) is 9.94. The van der Waals surface area contributed by atoms with Gasteiger partial charge in [-0.1, -0.05) is 13.8 Å². The molecule has 1 aromatic rings. The zero-order valence-electron chi connectivity index (χ0n) is 14.3. The second-order valence-electron chi connectivity index (χ2n) is 6.54. The van der Waals surface area contributed by atoms with Crippen LogP contribution >= 0.6 is 0 Å². The minimum Gasteiger partial charge on any atom is -0.465 e. The van der Waals surface area contributed by atoms with E-state index in [9.17, 15) is 13.2 Å². The molecule has 1 aliphatic rings. The van der Waals surface area contributed by atoms with Gasteiger partial charge in [0.2, 0.25) is 10.0 Å². The number of aryl methyl sites for hydroxylation is 1. The van der Waals surface area contributed by atoms with E-state index < -0.39 is 10.0 Å². The fraction of sp³-hybridized carbons (Fsp3) is 0.688. The van der Waals surface area contributed by atoms with Gasteiger partial charge in [0.1, 0.15) is 11.5 Å². The lowest BCUT2D eigenvalue weighted by Crippen LogP contribution is -2.49. The number of nitrogens with one attached hydrogen (secondary N) is 1. The SMILES string of the molecule is Cc1oc(C(C)C)cc1C(=O)N1CCCC[C@@H]1CNS(C)(=O)=O. The Bertz CT molecular complexity index is 664. The summed E-state index contributed by atoms with van der Waals surface area (Å²) in [4.78, 5) is 14.7. The maximum Gasteiger partial charge on any atom is 0.257 e. The number of rotatable bonds is 5. The first-order valence-electron chi connectivity index (χ1n) is 8.05. The minimum absolute atomic E-state index is 0.0712. The van der Waals surface area contributed by atoms with Crippen molar-refractivity contribution >= 4 is 15.9 Å². The van der Waals surface area contributed by atoms with Crippen LogP contribution < -0.4 is 4.72 Å². The molecule has 2 heterocycles.